The third kappa shape index (κ3) is 2.82. The Morgan fingerprint density at radius 3 is 2.80 bits per heavy atom. The highest BCUT2D eigenvalue weighted by Gasteiger charge is 2.32. The fourth-order valence-electron chi connectivity index (χ4n) is 1.35. The Hall–Kier alpha value is -1.30. The Bertz CT molecular complexity index is 308. The second-order valence-electron chi connectivity index (χ2n) is 3.38. The van der Waals surface area contributed by atoms with E-state index < -0.39 is 5.97 Å². The topological polar surface area (TPSA) is 84.7 Å². The standard InChI is InChI=1S/C8H12ClN3O3/c1-11(4-7(14)15)8(10)12-3-5(9)2-6(12)13/h5,10H,2-4H2,1H3,(H,14,15). The summed E-state index contributed by atoms with van der Waals surface area (Å²) in [6.07, 6.45) is 0.199. The number of carboxylic acids is 1. The molecule has 0 bridgehead atoms. The number of rotatable bonds is 2. The Balaban J connectivity index is 2.60. The molecule has 1 heterocycles. The highest BCUT2D eigenvalue weighted by atomic mass is 35.5. The van der Waals surface area contributed by atoms with Gasteiger partial charge in [0.1, 0.15) is 6.54 Å². The van der Waals surface area contributed by atoms with Gasteiger partial charge in [0.25, 0.3) is 0 Å². The normalized spacial score (nSPS) is 20.5. The van der Waals surface area contributed by atoms with Gasteiger partial charge in [0.2, 0.25) is 11.9 Å². The molecule has 15 heavy (non-hydrogen) atoms. The molecule has 0 aromatic carbocycles. The molecule has 6 nitrogen and oxygen atoms in total. The lowest BCUT2D eigenvalue weighted by Crippen LogP contribution is -2.44. The predicted octanol–water partition coefficient (Wildman–Crippen LogP) is -0.223. The maximum absolute atomic E-state index is 11.3. The molecule has 2 N–H and O–H groups in total. The third-order valence-corrected chi connectivity index (χ3v) is 2.36. The molecule has 1 aliphatic rings. The molecule has 0 aromatic heterocycles. The number of aliphatic carboxylic acids is 1. The van der Waals surface area contributed by atoms with Crippen molar-refractivity contribution in [1.82, 2.24) is 9.80 Å². The molecule has 1 aliphatic heterocycles. The van der Waals surface area contributed by atoms with E-state index >= 15 is 0 Å². The number of nitrogens with one attached hydrogen (secondary N) is 1. The molecule has 7 heteroatoms. The summed E-state index contributed by atoms with van der Waals surface area (Å²) in [7, 11) is 1.45. The van der Waals surface area contributed by atoms with Crippen molar-refractivity contribution >= 4 is 29.4 Å². The number of carboxylic acid groups (broad SMARTS) is 1. The first kappa shape index (κ1) is 11.8. The predicted molar refractivity (Wildman–Crippen MR) is 54.0 cm³/mol. The minimum atomic E-state index is -1.05. The first-order chi connectivity index (χ1) is 6.91. The van der Waals surface area contributed by atoms with Crippen LogP contribution in [0.5, 0.6) is 0 Å². The van der Waals surface area contributed by atoms with Crippen LogP contribution in [0, 0.1) is 5.41 Å². The first-order valence-electron chi connectivity index (χ1n) is 4.37. The highest BCUT2D eigenvalue weighted by Crippen LogP contribution is 2.16. The summed E-state index contributed by atoms with van der Waals surface area (Å²) in [5.41, 5.74) is 0. The molecular formula is C8H12ClN3O3. The number of guanidine groups is 1. The lowest BCUT2D eigenvalue weighted by Gasteiger charge is -2.24. The SMILES string of the molecule is CN(CC(=O)O)C(=N)N1CC(Cl)CC1=O. The molecule has 0 radical (unpaired) electrons. The Labute approximate surface area is 91.9 Å². The van der Waals surface area contributed by atoms with Crippen LogP contribution in [0.15, 0.2) is 0 Å². The van der Waals surface area contributed by atoms with Crippen molar-refractivity contribution in [3.63, 3.8) is 0 Å². The number of alkyl halides is 1. The highest BCUT2D eigenvalue weighted by molar-refractivity contribution is 6.23. The number of amides is 1. The first-order valence-corrected chi connectivity index (χ1v) is 4.81. The summed E-state index contributed by atoms with van der Waals surface area (Å²) in [6.45, 7) is -0.0429. The van der Waals surface area contributed by atoms with E-state index in [4.69, 9.17) is 22.1 Å². The number of carbonyl (C=O) groups excluding carboxylic acids is 1. The minimum absolute atomic E-state index is 0.120. The molecule has 1 unspecified atom stereocenters. The number of carbonyl (C=O) groups is 2. The van der Waals surface area contributed by atoms with Gasteiger partial charge in [0, 0.05) is 20.0 Å². The van der Waals surface area contributed by atoms with Gasteiger partial charge in [-0.1, -0.05) is 0 Å². The summed E-state index contributed by atoms with van der Waals surface area (Å²) < 4.78 is 0. The lowest BCUT2D eigenvalue weighted by molar-refractivity contribution is -0.137. The zero-order chi connectivity index (χ0) is 11.6. The molecule has 0 aliphatic carbocycles. The van der Waals surface area contributed by atoms with Crippen molar-refractivity contribution in [2.45, 2.75) is 11.8 Å². The van der Waals surface area contributed by atoms with Crippen molar-refractivity contribution in [1.29, 1.82) is 5.41 Å². The van der Waals surface area contributed by atoms with E-state index in [-0.39, 0.29) is 36.8 Å². The van der Waals surface area contributed by atoms with Crippen LogP contribution in [0.25, 0.3) is 0 Å². The zero-order valence-electron chi connectivity index (χ0n) is 8.23. The maximum atomic E-state index is 11.3. The Morgan fingerprint density at radius 2 is 2.40 bits per heavy atom. The van der Waals surface area contributed by atoms with Crippen molar-refractivity contribution in [2.24, 2.45) is 0 Å². The van der Waals surface area contributed by atoms with Gasteiger partial charge in [-0.3, -0.25) is 19.9 Å². The molecular weight excluding hydrogens is 222 g/mol. The van der Waals surface area contributed by atoms with Crippen LogP contribution in [-0.4, -0.2) is 58.3 Å². The summed E-state index contributed by atoms with van der Waals surface area (Å²) in [4.78, 5) is 24.1. The molecule has 1 amide bonds. The van der Waals surface area contributed by atoms with Gasteiger partial charge in [0.15, 0.2) is 0 Å². The summed E-state index contributed by atoms with van der Waals surface area (Å²) in [6, 6.07) is 0. The number of halogens is 1. The quantitative estimate of drug-likeness (QED) is 0.392. The van der Waals surface area contributed by atoms with Gasteiger partial charge in [-0.15, -0.1) is 11.6 Å². The molecule has 0 aromatic rings. The van der Waals surface area contributed by atoms with Gasteiger partial charge in [-0.25, -0.2) is 0 Å². The second-order valence-corrected chi connectivity index (χ2v) is 4.00. The number of likely N-dealkylation sites (tertiary alicyclic amines) is 1. The molecule has 1 rings (SSSR count). The van der Waals surface area contributed by atoms with Gasteiger partial charge in [0.05, 0.1) is 5.38 Å². The van der Waals surface area contributed by atoms with Crippen molar-refractivity contribution in [3.8, 4) is 0 Å². The molecule has 1 saturated heterocycles. The third-order valence-electron chi connectivity index (χ3n) is 2.07. The van der Waals surface area contributed by atoms with E-state index in [1.165, 1.54) is 16.8 Å². The van der Waals surface area contributed by atoms with Gasteiger partial charge >= 0.3 is 5.97 Å². The smallest absolute Gasteiger partial charge is 0.323 e. The Kier molecular flexibility index (Phi) is 3.52. The minimum Gasteiger partial charge on any atom is -0.480 e. The monoisotopic (exact) mass is 233 g/mol. The van der Waals surface area contributed by atoms with E-state index in [2.05, 4.69) is 0 Å². The van der Waals surface area contributed by atoms with Crippen LogP contribution < -0.4 is 0 Å². The molecule has 84 valence electrons. The average Bonchev–Trinajstić information content (AvgIpc) is 2.42. The summed E-state index contributed by atoms with van der Waals surface area (Å²) in [5, 5.41) is 15.8. The van der Waals surface area contributed by atoms with Gasteiger partial charge < -0.3 is 10.0 Å². The largest absolute Gasteiger partial charge is 0.480 e. The van der Waals surface area contributed by atoms with E-state index in [1.54, 1.807) is 0 Å². The van der Waals surface area contributed by atoms with Crippen molar-refractivity contribution in [3.05, 3.63) is 0 Å². The van der Waals surface area contributed by atoms with Crippen molar-refractivity contribution in [2.75, 3.05) is 20.1 Å². The van der Waals surface area contributed by atoms with Gasteiger partial charge in [-0.05, 0) is 0 Å². The van der Waals surface area contributed by atoms with E-state index in [0.29, 0.717) is 0 Å². The number of hydrogen-bond acceptors (Lipinski definition) is 3. The number of likely N-dealkylation sites (N-methyl/N-ethyl adjacent to an activating group) is 1. The summed E-state index contributed by atoms with van der Waals surface area (Å²) in [5.74, 6) is -1.40. The Morgan fingerprint density at radius 1 is 1.80 bits per heavy atom. The van der Waals surface area contributed by atoms with Crippen LogP contribution in [0.3, 0.4) is 0 Å². The molecule has 0 saturated carbocycles. The molecule has 1 fully saturated rings. The van der Waals surface area contributed by atoms with E-state index in [0.717, 1.165) is 0 Å². The second kappa shape index (κ2) is 4.48. The molecule has 1 atom stereocenters. The zero-order valence-corrected chi connectivity index (χ0v) is 8.99. The fraction of sp³-hybridized carbons (Fsp3) is 0.625. The van der Waals surface area contributed by atoms with Crippen LogP contribution in [-0.2, 0) is 9.59 Å². The van der Waals surface area contributed by atoms with Crippen LogP contribution in [0.1, 0.15) is 6.42 Å². The average molecular weight is 234 g/mol. The van der Waals surface area contributed by atoms with E-state index in [1.807, 2.05) is 0 Å². The summed E-state index contributed by atoms with van der Waals surface area (Å²) >= 11 is 5.76. The maximum Gasteiger partial charge on any atom is 0.323 e. The fourth-order valence-corrected chi connectivity index (χ4v) is 1.62. The lowest BCUT2D eigenvalue weighted by atomic mass is 10.4. The van der Waals surface area contributed by atoms with Crippen LogP contribution in [0.4, 0.5) is 0 Å². The van der Waals surface area contributed by atoms with Gasteiger partial charge in [-0.2, -0.15) is 0 Å². The van der Waals surface area contributed by atoms with Crippen molar-refractivity contribution < 1.29 is 14.7 Å². The van der Waals surface area contributed by atoms with Crippen LogP contribution in [0.2, 0.25) is 0 Å². The van der Waals surface area contributed by atoms with E-state index in [9.17, 15) is 9.59 Å². The number of hydrogen-bond donors (Lipinski definition) is 2. The van der Waals surface area contributed by atoms with Crippen LogP contribution >= 0.6 is 11.6 Å². The number of nitrogens with zero attached hydrogens (tertiary/aromatic N) is 2. The molecule has 0 spiro atoms.